The third-order valence-corrected chi connectivity index (χ3v) is 11.7. The Morgan fingerprint density at radius 2 is 1.80 bits per heavy atom. The number of carbonyl (C=O) groups is 3. The van der Waals surface area contributed by atoms with Gasteiger partial charge in [0, 0.05) is 88.0 Å². The van der Waals surface area contributed by atoms with Crippen LogP contribution in [-0.4, -0.2) is 107 Å². The maximum atomic E-state index is 13.3. The van der Waals surface area contributed by atoms with Gasteiger partial charge in [-0.15, -0.1) is 0 Å². The number of amides is 3. The molecule has 1 unspecified atom stereocenters. The van der Waals surface area contributed by atoms with Gasteiger partial charge in [0.15, 0.2) is 0 Å². The molecule has 0 aliphatic carbocycles. The lowest BCUT2D eigenvalue weighted by atomic mass is 9.90. The molecule has 5 aliphatic heterocycles. The topological polar surface area (TPSA) is 148 Å². The first-order valence-corrected chi connectivity index (χ1v) is 19.4. The summed E-state index contributed by atoms with van der Waals surface area (Å²) in [4.78, 5) is 60.5. The van der Waals surface area contributed by atoms with Crippen molar-refractivity contribution in [1.82, 2.24) is 30.1 Å². The fourth-order valence-corrected chi connectivity index (χ4v) is 8.40. The molecule has 0 radical (unpaired) electrons. The summed E-state index contributed by atoms with van der Waals surface area (Å²) < 4.78 is 5.72. The Bertz CT molecular complexity index is 2110. The quantitative estimate of drug-likeness (QED) is 0.228. The average Bonchev–Trinajstić information content (AvgIpc) is 3.18. The van der Waals surface area contributed by atoms with E-state index in [0.717, 1.165) is 109 Å². The molecule has 3 N–H and O–H groups in total. The molecule has 3 saturated heterocycles. The highest BCUT2D eigenvalue weighted by atomic mass is 16.5. The molecule has 284 valence electrons. The minimum atomic E-state index is -0.277. The Balaban J connectivity index is 0.741. The van der Waals surface area contributed by atoms with Crippen molar-refractivity contribution < 1.29 is 19.1 Å². The number of piperidine rings is 1. The number of imide groups is 1. The van der Waals surface area contributed by atoms with Gasteiger partial charge in [0.2, 0.25) is 29.5 Å². The molecule has 0 bridgehead atoms. The number of hydrogen-bond donors (Lipinski definition) is 3. The Morgan fingerprint density at radius 1 is 0.964 bits per heavy atom. The van der Waals surface area contributed by atoms with E-state index >= 15 is 0 Å². The van der Waals surface area contributed by atoms with Gasteiger partial charge in [-0.25, -0.2) is 15.0 Å². The number of carbonyl (C=O) groups excluding carboxylic acids is 3. The number of ether oxygens (including phenoxy) is 1. The van der Waals surface area contributed by atoms with Crippen LogP contribution < -0.4 is 30.5 Å². The van der Waals surface area contributed by atoms with Crippen LogP contribution in [0.25, 0.3) is 0 Å². The third-order valence-electron chi connectivity index (χ3n) is 11.7. The lowest BCUT2D eigenvalue weighted by Gasteiger charge is -2.49. The Morgan fingerprint density at radius 3 is 2.62 bits per heavy atom. The minimum absolute atomic E-state index is 0.149. The van der Waals surface area contributed by atoms with E-state index in [9.17, 15) is 14.4 Å². The van der Waals surface area contributed by atoms with Gasteiger partial charge in [-0.3, -0.25) is 24.6 Å². The van der Waals surface area contributed by atoms with Gasteiger partial charge in [-0.1, -0.05) is 24.3 Å². The molecular formula is C41H46N10O4. The van der Waals surface area contributed by atoms with Crippen LogP contribution in [0.3, 0.4) is 0 Å². The lowest BCUT2D eigenvalue weighted by Crippen LogP contribution is -2.63. The van der Waals surface area contributed by atoms with Crippen LogP contribution in [0.1, 0.15) is 46.7 Å². The number of anilines is 5. The minimum Gasteiger partial charge on any atom is -0.474 e. The molecule has 2 aromatic heterocycles. The molecule has 55 heavy (non-hydrogen) atoms. The smallest absolute Gasteiger partial charge is 0.237 e. The first-order chi connectivity index (χ1) is 26.8. The van der Waals surface area contributed by atoms with Gasteiger partial charge in [-0.2, -0.15) is 0 Å². The predicted octanol–water partition coefficient (Wildman–Crippen LogP) is 3.39. The average molecular weight is 743 g/mol. The number of fused-ring (bicyclic) bond motifs is 2. The first-order valence-electron chi connectivity index (χ1n) is 19.4. The van der Waals surface area contributed by atoms with Crippen molar-refractivity contribution in [3.8, 4) is 5.88 Å². The molecule has 3 amide bonds. The number of benzene rings is 2. The summed E-state index contributed by atoms with van der Waals surface area (Å²) in [5.74, 6) is 0.692. The van der Waals surface area contributed by atoms with Gasteiger partial charge in [0.1, 0.15) is 12.3 Å². The summed E-state index contributed by atoms with van der Waals surface area (Å²) >= 11 is 0. The van der Waals surface area contributed by atoms with Crippen LogP contribution >= 0.6 is 0 Å². The molecule has 14 heteroatoms. The van der Waals surface area contributed by atoms with E-state index < -0.39 is 0 Å². The van der Waals surface area contributed by atoms with Crippen molar-refractivity contribution in [3.63, 3.8) is 0 Å². The van der Waals surface area contributed by atoms with Crippen molar-refractivity contribution in [3.05, 3.63) is 88.9 Å². The highest BCUT2D eigenvalue weighted by Gasteiger charge is 2.35. The maximum absolute atomic E-state index is 13.3. The van der Waals surface area contributed by atoms with Crippen molar-refractivity contribution in [2.75, 3.05) is 79.4 Å². The number of rotatable bonds is 8. The molecule has 2 aromatic carbocycles. The zero-order valence-corrected chi connectivity index (χ0v) is 31.1. The van der Waals surface area contributed by atoms with E-state index in [2.05, 4.69) is 59.7 Å². The number of hydrogen-bond acceptors (Lipinski definition) is 12. The van der Waals surface area contributed by atoms with Gasteiger partial charge >= 0.3 is 0 Å². The van der Waals surface area contributed by atoms with Crippen LogP contribution in [0.4, 0.5) is 28.7 Å². The summed E-state index contributed by atoms with van der Waals surface area (Å²) in [5, 5.41) is 9.26. The lowest BCUT2D eigenvalue weighted by molar-refractivity contribution is -0.134. The Hall–Kier alpha value is -5.76. The van der Waals surface area contributed by atoms with Crippen LogP contribution in [0.2, 0.25) is 0 Å². The second-order valence-electron chi connectivity index (χ2n) is 15.1. The predicted molar refractivity (Wildman–Crippen MR) is 209 cm³/mol. The summed E-state index contributed by atoms with van der Waals surface area (Å²) in [5.41, 5.74) is 9.27. The van der Waals surface area contributed by atoms with Crippen LogP contribution in [0.5, 0.6) is 5.88 Å². The van der Waals surface area contributed by atoms with Gasteiger partial charge < -0.3 is 30.1 Å². The van der Waals surface area contributed by atoms with E-state index in [0.29, 0.717) is 50.3 Å². The third kappa shape index (κ3) is 7.25. The van der Waals surface area contributed by atoms with Crippen molar-refractivity contribution in [2.45, 2.75) is 51.1 Å². The zero-order valence-electron chi connectivity index (χ0n) is 31.1. The van der Waals surface area contributed by atoms with Gasteiger partial charge in [-0.05, 0) is 60.7 Å². The van der Waals surface area contributed by atoms with E-state index in [1.807, 2.05) is 53.7 Å². The van der Waals surface area contributed by atoms with Crippen LogP contribution in [0.15, 0.2) is 60.9 Å². The van der Waals surface area contributed by atoms with Crippen molar-refractivity contribution in [2.24, 2.45) is 0 Å². The number of pyridine rings is 1. The fraction of sp³-hybridized carbons (Fsp3) is 0.415. The first kappa shape index (κ1) is 35.0. The monoisotopic (exact) mass is 742 g/mol. The largest absolute Gasteiger partial charge is 0.474 e. The van der Waals surface area contributed by atoms with Crippen molar-refractivity contribution >= 4 is 46.4 Å². The summed E-state index contributed by atoms with van der Waals surface area (Å²) in [7, 11) is 0. The fourth-order valence-electron chi connectivity index (χ4n) is 8.40. The Kier molecular flexibility index (Phi) is 9.42. The second-order valence-corrected chi connectivity index (χ2v) is 15.1. The summed E-state index contributed by atoms with van der Waals surface area (Å²) in [6, 6.07) is 16.6. The summed E-state index contributed by atoms with van der Waals surface area (Å²) in [6.45, 7) is 10.1. The molecule has 14 nitrogen and oxygen atoms in total. The number of aromatic nitrogens is 3. The number of piperazine rings is 1. The number of nitrogens with zero attached hydrogens (tertiary/aromatic N) is 7. The Labute approximate surface area is 320 Å². The van der Waals surface area contributed by atoms with E-state index in [1.54, 1.807) is 0 Å². The molecule has 9 rings (SSSR count). The molecule has 5 aliphatic rings. The highest BCUT2D eigenvalue weighted by molar-refractivity contribution is 6.01. The molecule has 3 fully saturated rings. The number of nitrogens with one attached hydrogen (secondary N) is 3. The highest BCUT2D eigenvalue weighted by Crippen LogP contribution is 2.36. The van der Waals surface area contributed by atoms with E-state index in [1.165, 1.54) is 0 Å². The molecule has 0 saturated carbocycles. The molecular weight excluding hydrogens is 697 g/mol. The second kappa shape index (κ2) is 14.8. The van der Waals surface area contributed by atoms with Crippen LogP contribution in [-0.2, 0) is 33.8 Å². The summed E-state index contributed by atoms with van der Waals surface area (Å²) in [6.07, 6.45) is 5.98. The van der Waals surface area contributed by atoms with Crippen LogP contribution in [0, 0.1) is 6.92 Å². The van der Waals surface area contributed by atoms with E-state index in [-0.39, 0.29) is 23.6 Å². The van der Waals surface area contributed by atoms with Crippen molar-refractivity contribution in [1.29, 1.82) is 0 Å². The van der Waals surface area contributed by atoms with Gasteiger partial charge in [0.25, 0.3) is 0 Å². The molecule has 7 heterocycles. The van der Waals surface area contributed by atoms with E-state index in [4.69, 9.17) is 9.72 Å². The zero-order chi connectivity index (χ0) is 37.5. The molecule has 4 aromatic rings. The molecule has 1 atom stereocenters. The maximum Gasteiger partial charge on any atom is 0.237 e. The van der Waals surface area contributed by atoms with Gasteiger partial charge in [0.05, 0.1) is 36.5 Å². The molecule has 0 spiro atoms. The SMILES string of the molecule is Cc1c(N2CCc3cnc(Nc4ccc(CC(=O)N5CCN(C6CN(c7cccc(C8CCC(=O)NC8=O)c7)C6)CC5)cc4)nc3C2)cnc2c1NCCO2. The normalized spacial score (nSPS) is 20.1. The standard InChI is InChI=1S/C41H46N10O4/c1-26-35(22-43-40-38(26)42-12-18-55-40)50-13-11-29-21-44-41(46-34(29)25-50)45-30-7-5-27(6-8-30)19-37(53)49-16-14-48(15-17-49)32-23-51(24-32)31-4-2-3-28(20-31)33-9-10-36(52)47-39(33)54/h2-8,20-22,32-33,42H,9-19,23-25H2,1H3,(H,44,45,46)(H,47,52,54).